The highest BCUT2D eigenvalue weighted by Gasteiger charge is 2.28. The highest BCUT2D eigenvalue weighted by Crippen LogP contribution is 2.33. The summed E-state index contributed by atoms with van der Waals surface area (Å²) in [5, 5.41) is 2.14. The molecule has 1 fully saturated rings. The summed E-state index contributed by atoms with van der Waals surface area (Å²) in [4.78, 5) is 45.7. The fraction of sp³-hybridized carbons (Fsp3) is 0.474. The van der Waals surface area contributed by atoms with Gasteiger partial charge in [-0.2, -0.15) is 0 Å². The number of nitrogens with one attached hydrogen (secondary N) is 1. The largest absolute Gasteiger partial charge is 0.342 e. The zero-order chi connectivity index (χ0) is 19.8. The van der Waals surface area contributed by atoms with Gasteiger partial charge in [-0.1, -0.05) is 0 Å². The fourth-order valence-electron chi connectivity index (χ4n) is 3.94. The molecule has 1 amide bonds. The minimum Gasteiger partial charge on any atom is -0.342 e. The summed E-state index contributed by atoms with van der Waals surface area (Å²) < 4.78 is 3.54. The number of amides is 1. The molecule has 1 atom stereocenters. The third-order valence-corrected chi connectivity index (χ3v) is 6.42. The Kier molecular flexibility index (Phi) is 4.92. The Morgan fingerprint density at radius 1 is 1.36 bits per heavy atom. The van der Waals surface area contributed by atoms with Gasteiger partial charge in [0, 0.05) is 55.3 Å². The molecule has 1 aliphatic heterocycles. The average Bonchev–Trinajstić information content (AvgIpc) is 3.22. The number of aryl methyl sites for hydroxylation is 3. The molecule has 0 spiro atoms. The topological polar surface area (TPSA) is 92.5 Å². The van der Waals surface area contributed by atoms with Crippen molar-refractivity contribution >= 4 is 22.1 Å². The Morgan fingerprint density at radius 3 is 2.96 bits per heavy atom. The fourth-order valence-corrected chi connectivity index (χ4v) is 5.05. The van der Waals surface area contributed by atoms with Gasteiger partial charge in [-0.3, -0.25) is 19.0 Å². The molecular formula is C19H23N5O3S. The van der Waals surface area contributed by atoms with Crippen LogP contribution in [0.4, 0.5) is 0 Å². The summed E-state index contributed by atoms with van der Waals surface area (Å²) in [5.74, 6) is 1.25. The molecule has 4 heterocycles. The van der Waals surface area contributed by atoms with Crippen molar-refractivity contribution in [3.63, 3.8) is 0 Å². The molecule has 1 saturated heterocycles. The molecule has 8 nitrogen and oxygen atoms in total. The standard InChI is InChI=1S/C19H23N5O3S/c1-12-11-28-18-17(20-13(2)24(12)18)14-4-3-7-23(10-14)16(26)6-9-22-8-5-15(25)21-19(22)27/h5,8,11,14H,3-4,6-7,9-10H2,1-2H3,(H,21,25,27). The molecule has 1 unspecified atom stereocenters. The maximum absolute atomic E-state index is 12.7. The van der Waals surface area contributed by atoms with E-state index >= 15 is 0 Å². The molecule has 1 N–H and O–H groups in total. The van der Waals surface area contributed by atoms with E-state index in [-0.39, 0.29) is 24.8 Å². The zero-order valence-corrected chi connectivity index (χ0v) is 16.8. The second-order valence-electron chi connectivity index (χ2n) is 7.29. The van der Waals surface area contributed by atoms with Crippen LogP contribution >= 0.6 is 11.3 Å². The van der Waals surface area contributed by atoms with Gasteiger partial charge in [0.15, 0.2) is 0 Å². The highest BCUT2D eigenvalue weighted by molar-refractivity contribution is 7.15. The molecule has 28 heavy (non-hydrogen) atoms. The molecule has 3 aromatic heterocycles. The predicted octanol–water partition coefficient (Wildman–Crippen LogP) is 1.66. The van der Waals surface area contributed by atoms with Gasteiger partial charge in [0.1, 0.15) is 10.7 Å². The number of fused-ring (bicyclic) bond motifs is 1. The van der Waals surface area contributed by atoms with Crippen LogP contribution in [-0.2, 0) is 11.3 Å². The second kappa shape index (κ2) is 7.38. The number of likely N-dealkylation sites (tertiary alicyclic amines) is 1. The number of rotatable bonds is 4. The van der Waals surface area contributed by atoms with E-state index < -0.39 is 11.2 Å². The molecule has 0 saturated carbocycles. The number of nitrogens with zero attached hydrogens (tertiary/aromatic N) is 4. The highest BCUT2D eigenvalue weighted by atomic mass is 32.1. The lowest BCUT2D eigenvalue weighted by Crippen LogP contribution is -2.40. The summed E-state index contributed by atoms with van der Waals surface area (Å²) in [6.45, 7) is 5.74. The van der Waals surface area contributed by atoms with E-state index in [0.717, 1.165) is 30.9 Å². The first kappa shape index (κ1) is 18.7. The second-order valence-corrected chi connectivity index (χ2v) is 8.15. The first-order chi connectivity index (χ1) is 13.4. The molecule has 1 aliphatic rings. The Balaban J connectivity index is 1.46. The Labute approximate surface area is 165 Å². The van der Waals surface area contributed by atoms with E-state index in [4.69, 9.17) is 4.98 Å². The summed E-state index contributed by atoms with van der Waals surface area (Å²) in [6.07, 6.45) is 3.62. The van der Waals surface area contributed by atoms with Crippen LogP contribution in [0.5, 0.6) is 0 Å². The van der Waals surface area contributed by atoms with Crippen molar-refractivity contribution < 1.29 is 4.79 Å². The first-order valence-corrected chi connectivity index (χ1v) is 10.3. The number of carbonyl (C=O) groups excluding carboxylic acids is 1. The Hall–Kier alpha value is -2.68. The monoisotopic (exact) mass is 401 g/mol. The van der Waals surface area contributed by atoms with Gasteiger partial charge in [0.25, 0.3) is 5.56 Å². The van der Waals surface area contributed by atoms with Crippen molar-refractivity contribution in [2.75, 3.05) is 13.1 Å². The van der Waals surface area contributed by atoms with Crippen molar-refractivity contribution in [3.05, 3.63) is 55.7 Å². The molecule has 4 rings (SSSR count). The smallest absolute Gasteiger partial charge is 0.328 e. The van der Waals surface area contributed by atoms with Crippen LogP contribution in [0, 0.1) is 13.8 Å². The number of aromatic amines is 1. The number of imidazole rings is 1. The summed E-state index contributed by atoms with van der Waals surface area (Å²) in [7, 11) is 0. The predicted molar refractivity (Wildman–Crippen MR) is 107 cm³/mol. The van der Waals surface area contributed by atoms with Crippen LogP contribution in [0.25, 0.3) is 4.83 Å². The molecular weight excluding hydrogens is 378 g/mol. The van der Waals surface area contributed by atoms with Gasteiger partial charge in [-0.15, -0.1) is 11.3 Å². The summed E-state index contributed by atoms with van der Waals surface area (Å²) >= 11 is 1.70. The van der Waals surface area contributed by atoms with E-state index in [9.17, 15) is 14.4 Å². The van der Waals surface area contributed by atoms with Crippen LogP contribution in [0.2, 0.25) is 0 Å². The van der Waals surface area contributed by atoms with Crippen LogP contribution in [0.15, 0.2) is 27.2 Å². The van der Waals surface area contributed by atoms with Crippen molar-refractivity contribution in [2.24, 2.45) is 0 Å². The Bertz CT molecular complexity index is 1140. The third-order valence-electron chi connectivity index (χ3n) is 5.35. The molecule has 0 bridgehead atoms. The van der Waals surface area contributed by atoms with Gasteiger partial charge in [0.05, 0.1) is 5.69 Å². The quantitative estimate of drug-likeness (QED) is 0.720. The SMILES string of the molecule is Cc1csc2c(C3CCCN(C(=O)CCn4ccc(=O)[nH]c4=O)C3)nc(C)n12. The summed E-state index contributed by atoms with van der Waals surface area (Å²) in [5.41, 5.74) is 1.36. The first-order valence-electron chi connectivity index (χ1n) is 9.44. The van der Waals surface area contributed by atoms with E-state index in [2.05, 4.69) is 21.7 Å². The van der Waals surface area contributed by atoms with Gasteiger partial charge in [-0.25, -0.2) is 9.78 Å². The van der Waals surface area contributed by atoms with E-state index in [1.165, 1.54) is 27.4 Å². The third kappa shape index (κ3) is 3.42. The minimum atomic E-state index is -0.485. The van der Waals surface area contributed by atoms with Gasteiger partial charge in [0.2, 0.25) is 5.91 Å². The van der Waals surface area contributed by atoms with Crippen LogP contribution in [0.1, 0.15) is 42.4 Å². The van der Waals surface area contributed by atoms with Gasteiger partial charge in [-0.05, 0) is 26.7 Å². The van der Waals surface area contributed by atoms with E-state index in [1.807, 2.05) is 11.8 Å². The number of thiazole rings is 1. The number of hydrogen-bond acceptors (Lipinski definition) is 5. The number of H-pyrrole nitrogens is 1. The van der Waals surface area contributed by atoms with Gasteiger partial charge < -0.3 is 9.47 Å². The van der Waals surface area contributed by atoms with Crippen molar-refractivity contribution in [2.45, 2.75) is 45.6 Å². The Morgan fingerprint density at radius 2 is 2.18 bits per heavy atom. The number of aromatic nitrogens is 4. The maximum Gasteiger partial charge on any atom is 0.328 e. The van der Waals surface area contributed by atoms with E-state index in [0.29, 0.717) is 6.54 Å². The molecule has 0 aliphatic carbocycles. The minimum absolute atomic E-state index is 0.0253. The van der Waals surface area contributed by atoms with Crippen molar-refractivity contribution in [1.82, 2.24) is 23.8 Å². The number of carbonyl (C=O) groups is 1. The van der Waals surface area contributed by atoms with E-state index in [1.54, 1.807) is 11.3 Å². The van der Waals surface area contributed by atoms with Crippen molar-refractivity contribution in [3.8, 4) is 0 Å². The zero-order valence-electron chi connectivity index (χ0n) is 16.0. The lowest BCUT2D eigenvalue weighted by molar-refractivity contribution is -0.132. The molecule has 0 radical (unpaired) electrons. The van der Waals surface area contributed by atoms with Crippen LogP contribution in [-0.4, -0.2) is 42.8 Å². The molecule has 9 heteroatoms. The average molecular weight is 401 g/mol. The lowest BCUT2D eigenvalue weighted by atomic mass is 9.95. The summed E-state index contributed by atoms with van der Waals surface area (Å²) in [6, 6.07) is 1.29. The van der Waals surface area contributed by atoms with Crippen LogP contribution < -0.4 is 11.2 Å². The number of hydrogen-bond donors (Lipinski definition) is 1. The molecule has 148 valence electrons. The van der Waals surface area contributed by atoms with Crippen LogP contribution in [0.3, 0.4) is 0 Å². The molecule has 0 aromatic carbocycles. The normalized spacial score (nSPS) is 17.4. The van der Waals surface area contributed by atoms with Gasteiger partial charge >= 0.3 is 5.69 Å². The lowest BCUT2D eigenvalue weighted by Gasteiger charge is -2.32. The maximum atomic E-state index is 12.7. The van der Waals surface area contributed by atoms with Crippen molar-refractivity contribution in [1.29, 1.82) is 0 Å². The molecule has 3 aromatic rings. The number of piperidine rings is 1.